The quantitative estimate of drug-likeness (QED) is 0.381. The number of carbonyl (C=O) groups is 2. The molecular formula is C18H18N2O8S2. The lowest BCUT2D eigenvalue weighted by Gasteiger charge is -2.34. The number of H-pyrrole nitrogens is 1. The molecule has 2 heterocycles. The van der Waals surface area contributed by atoms with Crippen LogP contribution in [0.3, 0.4) is 0 Å². The number of aromatic nitrogens is 1. The number of phenols is 1. The standard InChI is InChI=1S/C18H18N2O8S2/c1-3-27-16(22)12-11(9-7-8(20(25)26)5-6-10(9)21)13-15(19-18(24)30-13)29-14(12)17(23)28-4-2/h5-7,11-12,14,21H,3-4H2,1-2H3,(H,19,24)/t11-,12+,14-/m0/s1. The predicted molar refractivity (Wildman–Crippen MR) is 108 cm³/mol. The van der Waals surface area contributed by atoms with Crippen molar-refractivity contribution >= 4 is 40.7 Å². The Hall–Kier alpha value is -2.86. The van der Waals surface area contributed by atoms with E-state index in [4.69, 9.17) is 9.47 Å². The van der Waals surface area contributed by atoms with Crippen LogP contribution in [0, 0.1) is 16.0 Å². The zero-order valence-corrected chi connectivity index (χ0v) is 17.6. The van der Waals surface area contributed by atoms with Gasteiger partial charge in [-0.25, -0.2) is 0 Å². The summed E-state index contributed by atoms with van der Waals surface area (Å²) in [7, 11) is 0. The number of rotatable bonds is 6. The molecule has 30 heavy (non-hydrogen) atoms. The highest BCUT2D eigenvalue weighted by Gasteiger charge is 2.50. The van der Waals surface area contributed by atoms with Gasteiger partial charge in [-0.05, 0) is 19.9 Å². The van der Waals surface area contributed by atoms with Crippen molar-refractivity contribution in [2.24, 2.45) is 5.92 Å². The lowest BCUT2D eigenvalue weighted by molar-refractivity contribution is -0.385. The van der Waals surface area contributed by atoms with Gasteiger partial charge in [0.15, 0.2) is 0 Å². The van der Waals surface area contributed by atoms with Crippen molar-refractivity contribution in [3.63, 3.8) is 0 Å². The number of thioether (sulfide) groups is 1. The summed E-state index contributed by atoms with van der Waals surface area (Å²) in [6.07, 6.45) is 0. The van der Waals surface area contributed by atoms with Gasteiger partial charge in [0.05, 0.1) is 29.1 Å². The van der Waals surface area contributed by atoms with Crippen LogP contribution in [0.15, 0.2) is 28.0 Å². The number of carbonyl (C=O) groups excluding carboxylic acids is 2. The van der Waals surface area contributed by atoms with Crippen LogP contribution in [0.2, 0.25) is 0 Å². The Morgan fingerprint density at radius 3 is 2.53 bits per heavy atom. The molecule has 0 amide bonds. The average Bonchev–Trinajstić information content (AvgIpc) is 3.07. The van der Waals surface area contributed by atoms with E-state index in [2.05, 4.69) is 4.98 Å². The highest BCUT2D eigenvalue weighted by molar-refractivity contribution is 8.00. The summed E-state index contributed by atoms with van der Waals surface area (Å²) in [6, 6.07) is 3.41. The van der Waals surface area contributed by atoms with E-state index in [1.165, 1.54) is 0 Å². The third kappa shape index (κ3) is 4.05. The summed E-state index contributed by atoms with van der Waals surface area (Å²) in [5.74, 6) is -3.90. The fourth-order valence-corrected chi connectivity index (χ4v) is 5.77. The molecule has 3 atom stereocenters. The Balaban J connectivity index is 2.25. The lowest BCUT2D eigenvalue weighted by Crippen LogP contribution is -2.41. The third-order valence-corrected chi connectivity index (χ3v) is 6.88. The highest BCUT2D eigenvalue weighted by Crippen LogP contribution is 2.51. The van der Waals surface area contributed by atoms with Gasteiger partial charge in [-0.2, -0.15) is 0 Å². The second kappa shape index (κ2) is 8.88. The number of aromatic amines is 1. The largest absolute Gasteiger partial charge is 0.508 e. The van der Waals surface area contributed by atoms with Gasteiger partial charge in [-0.1, -0.05) is 23.1 Å². The topological polar surface area (TPSA) is 149 Å². The van der Waals surface area contributed by atoms with E-state index < -0.39 is 38.8 Å². The number of nitrogens with one attached hydrogen (secondary N) is 1. The molecule has 0 bridgehead atoms. The van der Waals surface area contributed by atoms with Crippen LogP contribution < -0.4 is 4.87 Å². The maximum atomic E-state index is 12.9. The molecule has 1 aliphatic rings. The number of thiazole rings is 1. The molecule has 1 aliphatic heterocycles. The molecule has 2 N–H and O–H groups in total. The number of nitrogens with zero attached hydrogens (tertiary/aromatic N) is 1. The van der Waals surface area contributed by atoms with Crippen molar-refractivity contribution in [3.8, 4) is 5.75 Å². The van der Waals surface area contributed by atoms with Gasteiger partial charge in [-0.15, -0.1) is 0 Å². The minimum absolute atomic E-state index is 0.0411. The third-order valence-electron chi connectivity index (χ3n) is 4.49. The zero-order valence-electron chi connectivity index (χ0n) is 15.9. The van der Waals surface area contributed by atoms with E-state index in [1.54, 1.807) is 13.8 Å². The summed E-state index contributed by atoms with van der Waals surface area (Å²) < 4.78 is 10.3. The van der Waals surface area contributed by atoms with Crippen molar-refractivity contribution in [2.45, 2.75) is 30.0 Å². The molecule has 0 saturated carbocycles. The summed E-state index contributed by atoms with van der Waals surface area (Å²) in [5, 5.41) is 21.0. The Kier molecular flexibility index (Phi) is 6.46. The summed E-state index contributed by atoms with van der Waals surface area (Å²) in [6.45, 7) is 3.34. The first kappa shape index (κ1) is 21.8. The van der Waals surface area contributed by atoms with Crippen LogP contribution in [0.25, 0.3) is 0 Å². The molecule has 160 valence electrons. The number of hydrogen-bond acceptors (Lipinski definition) is 10. The molecular weight excluding hydrogens is 436 g/mol. The molecule has 12 heteroatoms. The molecule has 0 aliphatic carbocycles. The second-order valence-electron chi connectivity index (χ2n) is 6.25. The van der Waals surface area contributed by atoms with E-state index in [-0.39, 0.29) is 30.2 Å². The van der Waals surface area contributed by atoms with Gasteiger partial charge in [-0.3, -0.25) is 24.5 Å². The monoisotopic (exact) mass is 454 g/mol. The average molecular weight is 454 g/mol. The smallest absolute Gasteiger partial charge is 0.320 e. The number of non-ortho nitro benzene ring substituents is 1. The molecule has 1 aromatic heterocycles. The van der Waals surface area contributed by atoms with Gasteiger partial charge in [0.2, 0.25) is 0 Å². The summed E-state index contributed by atoms with van der Waals surface area (Å²) >= 11 is 1.78. The van der Waals surface area contributed by atoms with Gasteiger partial charge in [0.1, 0.15) is 11.0 Å². The Labute approximate surface area is 178 Å². The molecule has 0 saturated heterocycles. The predicted octanol–water partition coefficient (Wildman–Crippen LogP) is 2.40. The molecule has 10 nitrogen and oxygen atoms in total. The van der Waals surface area contributed by atoms with Crippen LogP contribution in [0.5, 0.6) is 5.75 Å². The fraction of sp³-hybridized carbons (Fsp3) is 0.389. The first-order valence-corrected chi connectivity index (χ1v) is 10.7. The number of benzene rings is 1. The number of nitro groups is 1. The number of aromatic hydroxyl groups is 1. The Morgan fingerprint density at radius 1 is 1.23 bits per heavy atom. The Bertz CT molecular complexity index is 1050. The minimum atomic E-state index is -1.17. The van der Waals surface area contributed by atoms with Crippen LogP contribution in [0.4, 0.5) is 5.69 Å². The SMILES string of the molecule is CCOC(=O)[C@@H]1[C@H](c2cc([N+](=O)[O-])ccc2O)c2sc(=O)[nH]c2S[C@@H]1C(=O)OCC. The number of hydrogen-bond donors (Lipinski definition) is 2. The van der Waals surface area contributed by atoms with Gasteiger partial charge in [0, 0.05) is 28.5 Å². The molecule has 0 fully saturated rings. The van der Waals surface area contributed by atoms with Gasteiger partial charge in [0.25, 0.3) is 5.69 Å². The number of fused-ring (bicyclic) bond motifs is 1. The number of nitro benzene ring substituents is 1. The Morgan fingerprint density at radius 2 is 1.90 bits per heavy atom. The lowest BCUT2D eigenvalue weighted by atomic mass is 9.81. The van der Waals surface area contributed by atoms with Crippen LogP contribution in [-0.4, -0.2) is 45.4 Å². The van der Waals surface area contributed by atoms with E-state index in [0.717, 1.165) is 41.3 Å². The number of esters is 2. The molecule has 0 spiro atoms. The van der Waals surface area contributed by atoms with Gasteiger partial charge < -0.3 is 19.6 Å². The van der Waals surface area contributed by atoms with Crippen molar-refractivity contribution < 1.29 is 29.1 Å². The zero-order chi connectivity index (χ0) is 22.0. The van der Waals surface area contributed by atoms with Crippen molar-refractivity contribution in [1.29, 1.82) is 0 Å². The molecule has 1 aromatic carbocycles. The summed E-state index contributed by atoms with van der Waals surface area (Å²) in [4.78, 5) is 50.8. The summed E-state index contributed by atoms with van der Waals surface area (Å²) in [5.41, 5.74) is -0.255. The molecule has 0 unspecified atom stereocenters. The van der Waals surface area contributed by atoms with Crippen molar-refractivity contribution in [2.75, 3.05) is 13.2 Å². The van der Waals surface area contributed by atoms with Gasteiger partial charge >= 0.3 is 16.8 Å². The highest BCUT2D eigenvalue weighted by atomic mass is 32.2. The number of ether oxygens (including phenoxy) is 2. The maximum Gasteiger partial charge on any atom is 0.320 e. The van der Waals surface area contributed by atoms with Crippen LogP contribution >= 0.6 is 23.1 Å². The van der Waals surface area contributed by atoms with Crippen LogP contribution in [-0.2, 0) is 19.1 Å². The molecule has 2 aromatic rings. The minimum Gasteiger partial charge on any atom is -0.508 e. The molecule has 0 radical (unpaired) electrons. The first-order valence-electron chi connectivity index (χ1n) is 8.98. The second-order valence-corrected chi connectivity index (χ2v) is 8.42. The number of phenolic OH excluding ortho intramolecular Hbond substituents is 1. The molecule has 3 rings (SSSR count). The normalized spacial score (nSPS) is 20.3. The van der Waals surface area contributed by atoms with E-state index >= 15 is 0 Å². The van der Waals surface area contributed by atoms with E-state index in [0.29, 0.717) is 9.90 Å². The van der Waals surface area contributed by atoms with E-state index in [1.807, 2.05) is 0 Å². The van der Waals surface area contributed by atoms with E-state index in [9.17, 15) is 29.6 Å². The first-order chi connectivity index (χ1) is 14.3. The van der Waals surface area contributed by atoms with Crippen molar-refractivity contribution in [3.05, 3.63) is 48.4 Å². The van der Waals surface area contributed by atoms with Crippen LogP contribution in [0.1, 0.15) is 30.2 Å². The maximum absolute atomic E-state index is 12.9. The fourth-order valence-electron chi connectivity index (χ4n) is 3.31. The van der Waals surface area contributed by atoms with Crippen molar-refractivity contribution in [1.82, 2.24) is 4.98 Å².